The van der Waals surface area contributed by atoms with Crippen molar-refractivity contribution in [2.45, 2.75) is 41.5 Å². The molecule has 1 aromatic rings. The van der Waals surface area contributed by atoms with Gasteiger partial charge in [0.2, 0.25) is 0 Å². The fraction of sp³-hybridized carbons (Fsp3) is 0.500. The molecule has 0 aliphatic rings. The molecule has 0 saturated carbocycles. The summed E-state index contributed by atoms with van der Waals surface area (Å²) in [6.45, 7) is 13.1. The Kier molecular flexibility index (Phi) is 3.81. The molecule has 0 fully saturated rings. The molecular weight excluding hydrogens is 192 g/mol. The SMILES string of the molecule is Cc1ccc(C#C[C@H](C)C(C)(C)C)c(C)c1. The normalized spacial score (nSPS) is 12.9. The van der Waals surface area contributed by atoms with Gasteiger partial charge in [0, 0.05) is 11.5 Å². The van der Waals surface area contributed by atoms with Crippen molar-refractivity contribution in [3.05, 3.63) is 34.9 Å². The van der Waals surface area contributed by atoms with E-state index in [9.17, 15) is 0 Å². The van der Waals surface area contributed by atoms with Gasteiger partial charge in [-0.25, -0.2) is 0 Å². The Hall–Kier alpha value is -1.22. The Morgan fingerprint density at radius 1 is 1.12 bits per heavy atom. The van der Waals surface area contributed by atoms with Gasteiger partial charge < -0.3 is 0 Å². The van der Waals surface area contributed by atoms with E-state index in [1.54, 1.807) is 0 Å². The van der Waals surface area contributed by atoms with Crippen LogP contribution in [-0.2, 0) is 0 Å². The van der Waals surface area contributed by atoms with E-state index in [0.29, 0.717) is 5.92 Å². The molecule has 0 saturated heterocycles. The van der Waals surface area contributed by atoms with Crippen molar-refractivity contribution < 1.29 is 0 Å². The molecule has 0 nitrogen and oxygen atoms in total. The quantitative estimate of drug-likeness (QED) is 0.564. The van der Waals surface area contributed by atoms with Gasteiger partial charge in [-0.1, -0.05) is 57.2 Å². The summed E-state index contributed by atoms with van der Waals surface area (Å²) < 4.78 is 0. The first-order chi connectivity index (χ1) is 7.30. The molecule has 0 heteroatoms. The summed E-state index contributed by atoms with van der Waals surface area (Å²) in [6.07, 6.45) is 0. The van der Waals surface area contributed by atoms with E-state index in [1.807, 2.05) is 0 Å². The minimum atomic E-state index is 0.256. The van der Waals surface area contributed by atoms with Crippen LogP contribution in [0.2, 0.25) is 0 Å². The average Bonchev–Trinajstić information content (AvgIpc) is 2.14. The van der Waals surface area contributed by atoms with Gasteiger partial charge >= 0.3 is 0 Å². The molecule has 0 amide bonds. The maximum absolute atomic E-state index is 3.35. The first-order valence-electron chi connectivity index (χ1n) is 5.89. The number of hydrogen-bond acceptors (Lipinski definition) is 0. The lowest BCUT2D eigenvalue weighted by atomic mass is 9.82. The van der Waals surface area contributed by atoms with Crippen LogP contribution in [0.5, 0.6) is 0 Å². The lowest BCUT2D eigenvalue weighted by Gasteiger charge is -2.22. The van der Waals surface area contributed by atoms with Gasteiger partial charge in [-0.3, -0.25) is 0 Å². The van der Waals surface area contributed by atoms with E-state index in [4.69, 9.17) is 0 Å². The molecule has 0 unspecified atom stereocenters. The molecule has 86 valence electrons. The van der Waals surface area contributed by atoms with E-state index < -0.39 is 0 Å². The first-order valence-corrected chi connectivity index (χ1v) is 5.89. The van der Waals surface area contributed by atoms with Crippen LogP contribution in [0, 0.1) is 37.0 Å². The highest BCUT2D eigenvalue weighted by Crippen LogP contribution is 2.24. The van der Waals surface area contributed by atoms with Crippen molar-refractivity contribution in [2.75, 3.05) is 0 Å². The number of rotatable bonds is 0. The van der Waals surface area contributed by atoms with Gasteiger partial charge in [-0.2, -0.15) is 0 Å². The molecule has 1 aromatic carbocycles. The fourth-order valence-electron chi connectivity index (χ4n) is 1.36. The molecule has 0 radical (unpaired) electrons. The maximum Gasteiger partial charge on any atom is 0.0274 e. The predicted molar refractivity (Wildman–Crippen MR) is 71.4 cm³/mol. The van der Waals surface area contributed by atoms with Gasteiger partial charge in [0.1, 0.15) is 0 Å². The second-order valence-electron chi connectivity index (χ2n) is 5.68. The summed E-state index contributed by atoms with van der Waals surface area (Å²) in [5.41, 5.74) is 3.98. The average molecular weight is 214 g/mol. The van der Waals surface area contributed by atoms with Crippen molar-refractivity contribution in [2.24, 2.45) is 11.3 Å². The third-order valence-corrected chi connectivity index (χ3v) is 3.10. The Balaban J connectivity index is 2.93. The standard InChI is InChI=1S/C16H22/c1-12-7-9-15(13(2)11-12)10-8-14(3)16(4,5)6/h7,9,11,14H,1-6H3/t14-/m0/s1. The highest BCUT2D eigenvalue weighted by atomic mass is 14.2. The van der Waals surface area contributed by atoms with E-state index in [-0.39, 0.29) is 5.41 Å². The molecule has 0 aliphatic heterocycles. The zero-order chi connectivity index (χ0) is 12.3. The molecular formula is C16H22. The van der Waals surface area contributed by atoms with Gasteiger partial charge in [0.15, 0.2) is 0 Å². The summed E-state index contributed by atoms with van der Waals surface area (Å²) in [5, 5.41) is 0. The summed E-state index contributed by atoms with van der Waals surface area (Å²) in [6, 6.07) is 6.43. The van der Waals surface area contributed by atoms with Crippen LogP contribution in [0.15, 0.2) is 18.2 Å². The zero-order valence-electron chi connectivity index (χ0n) is 11.3. The Labute approximate surface area is 100 Å². The highest BCUT2D eigenvalue weighted by Gasteiger charge is 2.17. The van der Waals surface area contributed by atoms with Crippen molar-refractivity contribution in [3.63, 3.8) is 0 Å². The van der Waals surface area contributed by atoms with E-state index in [1.165, 1.54) is 11.1 Å². The maximum atomic E-state index is 3.35. The van der Waals surface area contributed by atoms with Crippen molar-refractivity contribution in [1.82, 2.24) is 0 Å². The second-order valence-corrected chi connectivity index (χ2v) is 5.68. The topological polar surface area (TPSA) is 0 Å². The van der Waals surface area contributed by atoms with Crippen LogP contribution < -0.4 is 0 Å². The third kappa shape index (κ3) is 3.42. The van der Waals surface area contributed by atoms with Crippen LogP contribution in [-0.4, -0.2) is 0 Å². The number of benzene rings is 1. The fourth-order valence-corrected chi connectivity index (χ4v) is 1.36. The Morgan fingerprint density at radius 2 is 1.75 bits per heavy atom. The third-order valence-electron chi connectivity index (χ3n) is 3.10. The Morgan fingerprint density at radius 3 is 2.25 bits per heavy atom. The van der Waals surface area contributed by atoms with E-state index in [0.717, 1.165) is 5.56 Å². The van der Waals surface area contributed by atoms with Crippen molar-refractivity contribution in [1.29, 1.82) is 0 Å². The number of hydrogen-bond donors (Lipinski definition) is 0. The largest absolute Gasteiger partial charge is 0.0942 e. The molecule has 1 rings (SSSR count). The molecule has 0 bridgehead atoms. The zero-order valence-corrected chi connectivity index (χ0v) is 11.3. The van der Waals surface area contributed by atoms with Crippen LogP contribution in [0.4, 0.5) is 0 Å². The second kappa shape index (κ2) is 4.74. The van der Waals surface area contributed by atoms with Crippen LogP contribution >= 0.6 is 0 Å². The van der Waals surface area contributed by atoms with Gasteiger partial charge in [-0.05, 0) is 30.9 Å². The molecule has 0 aromatic heterocycles. The summed E-state index contributed by atoms with van der Waals surface area (Å²) in [5.74, 6) is 7.06. The Bertz CT molecular complexity index is 422. The summed E-state index contributed by atoms with van der Waals surface area (Å²) >= 11 is 0. The van der Waals surface area contributed by atoms with Crippen LogP contribution in [0.1, 0.15) is 44.4 Å². The van der Waals surface area contributed by atoms with Gasteiger partial charge in [0.25, 0.3) is 0 Å². The van der Waals surface area contributed by atoms with Gasteiger partial charge in [0.05, 0.1) is 0 Å². The first kappa shape index (κ1) is 12.8. The lowest BCUT2D eigenvalue weighted by molar-refractivity contribution is 0.324. The van der Waals surface area contributed by atoms with Crippen LogP contribution in [0.25, 0.3) is 0 Å². The highest BCUT2D eigenvalue weighted by molar-refractivity contribution is 5.42. The molecule has 0 heterocycles. The summed E-state index contributed by atoms with van der Waals surface area (Å²) in [4.78, 5) is 0. The molecule has 0 spiro atoms. The molecule has 0 N–H and O–H groups in total. The van der Waals surface area contributed by atoms with Gasteiger partial charge in [-0.15, -0.1) is 0 Å². The number of aryl methyl sites for hydroxylation is 2. The molecule has 0 aliphatic carbocycles. The van der Waals surface area contributed by atoms with Crippen molar-refractivity contribution in [3.8, 4) is 11.8 Å². The van der Waals surface area contributed by atoms with Crippen molar-refractivity contribution >= 4 is 0 Å². The monoisotopic (exact) mass is 214 g/mol. The minimum Gasteiger partial charge on any atom is -0.0942 e. The smallest absolute Gasteiger partial charge is 0.0274 e. The molecule has 1 atom stereocenters. The minimum absolute atomic E-state index is 0.256. The summed E-state index contributed by atoms with van der Waals surface area (Å²) in [7, 11) is 0. The molecule has 16 heavy (non-hydrogen) atoms. The van der Waals surface area contributed by atoms with E-state index in [2.05, 4.69) is 71.6 Å². The van der Waals surface area contributed by atoms with E-state index >= 15 is 0 Å². The lowest BCUT2D eigenvalue weighted by Crippen LogP contribution is -2.15. The van der Waals surface area contributed by atoms with Crippen LogP contribution in [0.3, 0.4) is 0 Å². The predicted octanol–water partition coefficient (Wildman–Crippen LogP) is 4.34.